The molecule has 1 saturated carbocycles. The summed E-state index contributed by atoms with van der Waals surface area (Å²) in [5, 5.41) is 0. The number of fused-ring (bicyclic) bond motifs is 2. The standard InChI is InChI=1S/C19H20O5/c1-22-17-7-3-6-14-16(21)11-15(12-4-2-5-13(20)10-12)19(18(14)17)23-8-9-24-19/h3,6-7,11-12H,2,4-5,8-10H2,1H3. The van der Waals surface area contributed by atoms with Gasteiger partial charge in [0.05, 0.1) is 25.9 Å². The molecule has 0 amide bonds. The van der Waals surface area contributed by atoms with Gasteiger partial charge in [0.1, 0.15) is 11.5 Å². The summed E-state index contributed by atoms with van der Waals surface area (Å²) in [5.41, 5.74) is 1.96. The molecule has 1 aromatic rings. The molecule has 0 radical (unpaired) electrons. The van der Waals surface area contributed by atoms with Crippen LogP contribution in [0.4, 0.5) is 0 Å². The largest absolute Gasteiger partial charge is 0.496 e. The van der Waals surface area contributed by atoms with Gasteiger partial charge in [0.25, 0.3) is 0 Å². The number of hydrogen-bond donors (Lipinski definition) is 0. The predicted octanol–water partition coefficient (Wildman–Crippen LogP) is 2.78. The van der Waals surface area contributed by atoms with Crippen LogP contribution >= 0.6 is 0 Å². The lowest BCUT2D eigenvalue weighted by Crippen LogP contribution is -2.39. The Bertz CT molecular complexity index is 727. The number of Topliss-reactive ketones (excluding diaryl/α,β-unsaturated/α-hetero) is 1. The average molecular weight is 328 g/mol. The minimum Gasteiger partial charge on any atom is -0.496 e. The molecule has 5 heteroatoms. The number of ether oxygens (including phenoxy) is 3. The van der Waals surface area contributed by atoms with Crippen molar-refractivity contribution in [2.24, 2.45) is 5.92 Å². The van der Waals surface area contributed by atoms with Gasteiger partial charge in [-0.1, -0.05) is 12.1 Å². The number of methoxy groups -OCH3 is 1. The number of hydrogen-bond acceptors (Lipinski definition) is 5. The van der Waals surface area contributed by atoms with E-state index in [2.05, 4.69) is 0 Å². The van der Waals surface area contributed by atoms with E-state index in [1.165, 1.54) is 0 Å². The van der Waals surface area contributed by atoms with Crippen LogP contribution in [0.15, 0.2) is 29.8 Å². The summed E-state index contributed by atoms with van der Waals surface area (Å²) in [5.74, 6) is -0.389. The fourth-order valence-electron chi connectivity index (χ4n) is 4.10. The van der Waals surface area contributed by atoms with Gasteiger partial charge in [0, 0.05) is 24.0 Å². The molecule has 1 aliphatic heterocycles. The zero-order chi connectivity index (χ0) is 16.7. The van der Waals surface area contributed by atoms with E-state index in [1.807, 2.05) is 6.07 Å². The summed E-state index contributed by atoms with van der Waals surface area (Å²) in [6, 6.07) is 5.38. The first kappa shape index (κ1) is 15.5. The van der Waals surface area contributed by atoms with E-state index in [0.29, 0.717) is 42.9 Å². The molecule has 1 unspecified atom stereocenters. The van der Waals surface area contributed by atoms with Crippen molar-refractivity contribution in [2.75, 3.05) is 20.3 Å². The second kappa shape index (κ2) is 5.83. The van der Waals surface area contributed by atoms with Crippen LogP contribution < -0.4 is 4.74 Å². The third-order valence-corrected chi connectivity index (χ3v) is 5.12. The van der Waals surface area contributed by atoms with Gasteiger partial charge in [-0.3, -0.25) is 9.59 Å². The normalized spacial score (nSPS) is 25.5. The second-order valence-electron chi connectivity index (χ2n) is 6.49. The first-order valence-corrected chi connectivity index (χ1v) is 8.39. The Morgan fingerprint density at radius 1 is 1.21 bits per heavy atom. The van der Waals surface area contributed by atoms with Crippen LogP contribution in [0.3, 0.4) is 0 Å². The molecule has 1 aromatic carbocycles. The van der Waals surface area contributed by atoms with Crippen molar-refractivity contribution >= 4 is 11.6 Å². The molecule has 2 aliphatic carbocycles. The van der Waals surface area contributed by atoms with E-state index in [9.17, 15) is 9.59 Å². The molecule has 1 spiro atoms. The zero-order valence-corrected chi connectivity index (χ0v) is 13.7. The van der Waals surface area contributed by atoms with Crippen LogP contribution in [0.1, 0.15) is 41.6 Å². The molecule has 24 heavy (non-hydrogen) atoms. The maximum Gasteiger partial charge on any atom is 0.223 e. The number of benzene rings is 1. The summed E-state index contributed by atoms with van der Waals surface area (Å²) in [7, 11) is 1.57. The first-order valence-electron chi connectivity index (χ1n) is 8.39. The van der Waals surface area contributed by atoms with E-state index < -0.39 is 5.79 Å². The number of allylic oxidation sites excluding steroid dienone is 1. The van der Waals surface area contributed by atoms with Crippen molar-refractivity contribution < 1.29 is 23.8 Å². The van der Waals surface area contributed by atoms with E-state index >= 15 is 0 Å². The van der Waals surface area contributed by atoms with E-state index in [1.54, 1.807) is 25.3 Å². The SMILES string of the molecule is COc1cccc2c1C1(OCCO1)C(C1CCCC(=O)C1)=CC2=O. The Balaban J connectivity index is 1.88. The van der Waals surface area contributed by atoms with Crippen molar-refractivity contribution in [2.45, 2.75) is 31.5 Å². The topological polar surface area (TPSA) is 61.8 Å². The Morgan fingerprint density at radius 2 is 2.00 bits per heavy atom. The molecule has 1 atom stereocenters. The van der Waals surface area contributed by atoms with Gasteiger partial charge in [-0.15, -0.1) is 0 Å². The Hall–Kier alpha value is -1.98. The zero-order valence-electron chi connectivity index (χ0n) is 13.7. The molecule has 0 N–H and O–H groups in total. The number of carbonyl (C=O) groups excluding carboxylic acids is 2. The van der Waals surface area contributed by atoms with Crippen LogP contribution in [0.2, 0.25) is 0 Å². The third-order valence-electron chi connectivity index (χ3n) is 5.12. The highest BCUT2D eigenvalue weighted by molar-refractivity contribution is 6.08. The molecule has 0 bridgehead atoms. The van der Waals surface area contributed by atoms with E-state index in [-0.39, 0.29) is 17.5 Å². The summed E-state index contributed by atoms with van der Waals surface area (Å²) in [6.07, 6.45) is 4.38. The molecule has 4 rings (SSSR count). The molecular weight excluding hydrogens is 308 g/mol. The molecular formula is C19H20O5. The lowest BCUT2D eigenvalue weighted by atomic mass is 9.73. The first-order chi connectivity index (χ1) is 11.7. The summed E-state index contributed by atoms with van der Waals surface area (Å²) in [6.45, 7) is 0.896. The molecule has 126 valence electrons. The smallest absolute Gasteiger partial charge is 0.223 e. The minimum absolute atomic E-state index is 0.0219. The highest BCUT2D eigenvalue weighted by atomic mass is 16.7. The van der Waals surface area contributed by atoms with E-state index in [4.69, 9.17) is 14.2 Å². The van der Waals surface area contributed by atoms with E-state index in [0.717, 1.165) is 18.4 Å². The average Bonchev–Trinajstić information content (AvgIpc) is 3.08. The lowest BCUT2D eigenvalue weighted by Gasteiger charge is -2.39. The molecule has 2 fully saturated rings. The van der Waals surface area contributed by atoms with Crippen LogP contribution in [0.25, 0.3) is 0 Å². The van der Waals surface area contributed by atoms with Crippen molar-refractivity contribution in [3.05, 3.63) is 41.0 Å². The Kier molecular flexibility index (Phi) is 3.77. The van der Waals surface area contributed by atoms with Crippen LogP contribution in [0, 0.1) is 5.92 Å². The molecule has 5 nitrogen and oxygen atoms in total. The maximum absolute atomic E-state index is 12.7. The summed E-state index contributed by atoms with van der Waals surface area (Å²) >= 11 is 0. The Morgan fingerprint density at radius 3 is 2.71 bits per heavy atom. The number of rotatable bonds is 2. The number of carbonyl (C=O) groups is 2. The molecule has 3 aliphatic rings. The minimum atomic E-state index is -1.10. The van der Waals surface area contributed by atoms with Crippen LogP contribution in [0.5, 0.6) is 5.75 Å². The molecule has 0 aromatic heterocycles. The summed E-state index contributed by atoms with van der Waals surface area (Å²) in [4.78, 5) is 24.7. The third kappa shape index (κ3) is 2.23. The summed E-state index contributed by atoms with van der Waals surface area (Å²) < 4.78 is 17.6. The monoisotopic (exact) mass is 328 g/mol. The van der Waals surface area contributed by atoms with Crippen LogP contribution in [-0.2, 0) is 20.1 Å². The van der Waals surface area contributed by atoms with Crippen molar-refractivity contribution in [3.8, 4) is 5.75 Å². The fraction of sp³-hybridized carbons (Fsp3) is 0.474. The maximum atomic E-state index is 12.7. The van der Waals surface area contributed by atoms with Crippen molar-refractivity contribution in [1.29, 1.82) is 0 Å². The Labute approximate surface area is 140 Å². The highest BCUT2D eigenvalue weighted by Crippen LogP contribution is 2.51. The van der Waals surface area contributed by atoms with Gasteiger partial charge < -0.3 is 14.2 Å². The van der Waals surface area contributed by atoms with Gasteiger partial charge in [0.2, 0.25) is 5.79 Å². The molecule has 1 saturated heterocycles. The van der Waals surface area contributed by atoms with Crippen molar-refractivity contribution in [1.82, 2.24) is 0 Å². The van der Waals surface area contributed by atoms with Gasteiger partial charge in [-0.2, -0.15) is 0 Å². The highest BCUT2D eigenvalue weighted by Gasteiger charge is 2.51. The lowest BCUT2D eigenvalue weighted by molar-refractivity contribution is -0.144. The van der Waals surface area contributed by atoms with Gasteiger partial charge in [0.15, 0.2) is 5.78 Å². The predicted molar refractivity (Wildman–Crippen MR) is 86.0 cm³/mol. The van der Waals surface area contributed by atoms with Gasteiger partial charge >= 0.3 is 0 Å². The number of ketones is 2. The fourth-order valence-corrected chi connectivity index (χ4v) is 4.10. The quantitative estimate of drug-likeness (QED) is 0.835. The second-order valence-corrected chi connectivity index (χ2v) is 6.49. The van der Waals surface area contributed by atoms with Gasteiger partial charge in [-0.05, 0) is 30.9 Å². The van der Waals surface area contributed by atoms with Crippen LogP contribution in [-0.4, -0.2) is 31.9 Å². The van der Waals surface area contributed by atoms with Gasteiger partial charge in [-0.25, -0.2) is 0 Å². The molecule has 1 heterocycles. The van der Waals surface area contributed by atoms with Crippen molar-refractivity contribution in [3.63, 3.8) is 0 Å².